The maximum atomic E-state index is 6.46. The van der Waals surface area contributed by atoms with Gasteiger partial charge in [0.15, 0.2) is 11.5 Å². The zero-order chi connectivity index (χ0) is 18.1. The summed E-state index contributed by atoms with van der Waals surface area (Å²) in [4.78, 5) is 6.91. The fraction of sp³-hybridized carbons (Fsp3) is 0.286. The Hall–Kier alpha value is -2.30. The largest absolute Gasteiger partial charge is 0.454 e. The number of rotatable bonds is 5. The van der Waals surface area contributed by atoms with Crippen LogP contribution in [0, 0.1) is 6.92 Å². The third kappa shape index (κ3) is 3.48. The van der Waals surface area contributed by atoms with Crippen LogP contribution in [0.5, 0.6) is 11.5 Å². The van der Waals surface area contributed by atoms with Crippen LogP contribution in [0.2, 0.25) is 5.15 Å². The van der Waals surface area contributed by atoms with Crippen molar-refractivity contribution >= 4 is 22.5 Å². The highest BCUT2D eigenvalue weighted by molar-refractivity contribution is 6.30. The summed E-state index contributed by atoms with van der Waals surface area (Å²) < 4.78 is 10.9. The van der Waals surface area contributed by atoms with E-state index < -0.39 is 0 Å². The molecule has 2 aromatic carbocycles. The van der Waals surface area contributed by atoms with Crippen molar-refractivity contribution in [3.63, 3.8) is 0 Å². The molecule has 0 bridgehead atoms. The number of aryl methyl sites for hydroxylation is 1. The first kappa shape index (κ1) is 17.1. The highest BCUT2D eigenvalue weighted by atomic mass is 35.5. The minimum Gasteiger partial charge on any atom is -0.454 e. The lowest BCUT2D eigenvalue weighted by atomic mass is 10.1. The molecule has 5 heteroatoms. The van der Waals surface area contributed by atoms with Gasteiger partial charge in [0.05, 0.1) is 5.52 Å². The highest BCUT2D eigenvalue weighted by Crippen LogP contribution is 2.33. The molecule has 0 amide bonds. The van der Waals surface area contributed by atoms with Crippen molar-refractivity contribution in [1.29, 1.82) is 0 Å². The number of pyridine rings is 1. The zero-order valence-electron chi connectivity index (χ0n) is 15.0. The third-order valence-corrected chi connectivity index (χ3v) is 5.01. The molecule has 0 radical (unpaired) electrons. The number of ether oxygens (including phenoxy) is 2. The first-order valence-electron chi connectivity index (χ1n) is 8.79. The zero-order valence-corrected chi connectivity index (χ0v) is 15.7. The summed E-state index contributed by atoms with van der Waals surface area (Å²) in [6.45, 7) is 6.99. The first-order chi connectivity index (χ1) is 12.6. The van der Waals surface area contributed by atoms with Crippen LogP contribution < -0.4 is 9.47 Å². The second-order valence-electron chi connectivity index (χ2n) is 6.63. The van der Waals surface area contributed by atoms with E-state index in [2.05, 4.69) is 54.1 Å². The summed E-state index contributed by atoms with van der Waals surface area (Å²) in [7, 11) is 0. The van der Waals surface area contributed by atoms with E-state index in [0.717, 1.165) is 47.6 Å². The van der Waals surface area contributed by atoms with E-state index in [0.29, 0.717) is 11.9 Å². The molecular formula is C21H21ClN2O2. The van der Waals surface area contributed by atoms with Crippen LogP contribution in [0.1, 0.15) is 23.6 Å². The topological polar surface area (TPSA) is 34.6 Å². The molecule has 26 heavy (non-hydrogen) atoms. The Morgan fingerprint density at radius 2 is 1.88 bits per heavy atom. The molecule has 0 aliphatic carbocycles. The van der Waals surface area contributed by atoms with Crippen LogP contribution in [0.25, 0.3) is 10.9 Å². The Labute approximate surface area is 158 Å². The average Bonchev–Trinajstić information content (AvgIpc) is 3.09. The number of hydrogen-bond donors (Lipinski definition) is 0. The van der Waals surface area contributed by atoms with Crippen molar-refractivity contribution in [3.8, 4) is 11.5 Å². The number of aromatic nitrogens is 1. The van der Waals surface area contributed by atoms with Gasteiger partial charge in [0, 0.05) is 24.0 Å². The van der Waals surface area contributed by atoms with E-state index in [4.69, 9.17) is 21.1 Å². The van der Waals surface area contributed by atoms with E-state index in [1.54, 1.807) is 0 Å². The van der Waals surface area contributed by atoms with Gasteiger partial charge >= 0.3 is 0 Å². The average molecular weight is 369 g/mol. The molecule has 4 rings (SSSR count). The molecule has 134 valence electrons. The van der Waals surface area contributed by atoms with Crippen LogP contribution in [0.4, 0.5) is 0 Å². The SMILES string of the molecule is CCN(Cc1ccc2c(c1)OCO2)Cc1cc2ccc(C)cc2nc1Cl. The summed E-state index contributed by atoms with van der Waals surface area (Å²) in [5, 5.41) is 1.70. The lowest BCUT2D eigenvalue weighted by Gasteiger charge is -2.21. The fourth-order valence-electron chi connectivity index (χ4n) is 3.23. The van der Waals surface area contributed by atoms with Crippen molar-refractivity contribution in [2.75, 3.05) is 13.3 Å². The molecule has 2 heterocycles. The molecule has 0 saturated heterocycles. The second-order valence-corrected chi connectivity index (χ2v) is 6.98. The van der Waals surface area contributed by atoms with Gasteiger partial charge in [-0.3, -0.25) is 4.90 Å². The Morgan fingerprint density at radius 3 is 2.73 bits per heavy atom. The maximum Gasteiger partial charge on any atom is 0.231 e. The van der Waals surface area contributed by atoms with Crippen molar-refractivity contribution in [2.24, 2.45) is 0 Å². The lowest BCUT2D eigenvalue weighted by molar-refractivity contribution is 0.174. The Balaban J connectivity index is 1.55. The van der Waals surface area contributed by atoms with E-state index in [1.807, 2.05) is 12.1 Å². The van der Waals surface area contributed by atoms with Gasteiger partial charge in [-0.1, -0.05) is 36.7 Å². The summed E-state index contributed by atoms with van der Waals surface area (Å²) >= 11 is 6.46. The quantitative estimate of drug-likeness (QED) is 0.597. The molecule has 0 fully saturated rings. The molecule has 0 saturated carbocycles. The van der Waals surface area contributed by atoms with E-state index >= 15 is 0 Å². The minimum absolute atomic E-state index is 0.300. The van der Waals surface area contributed by atoms with Gasteiger partial charge in [0.1, 0.15) is 5.15 Å². The number of fused-ring (bicyclic) bond motifs is 2. The van der Waals surface area contributed by atoms with Crippen molar-refractivity contribution in [3.05, 3.63) is 64.3 Å². The molecule has 1 aliphatic heterocycles. The predicted molar refractivity (Wildman–Crippen MR) is 104 cm³/mol. The fourth-order valence-corrected chi connectivity index (χ4v) is 3.43. The molecule has 0 N–H and O–H groups in total. The Bertz CT molecular complexity index is 958. The van der Waals surface area contributed by atoms with Gasteiger partial charge in [-0.25, -0.2) is 4.98 Å². The number of nitrogens with zero attached hydrogens (tertiary/aromatic N) is 2. The minimum atomic E-state index is 0.300. The lowest BCUT2D eigenvalue weighted by Crippen LogP contribution is -2.22. The molecule has 0 atom stereocenters. The van der Waals surface area contributed by atoms with Crippen LogP contribution in [-0.4, -0.2) is 23.2 Å². The van der Waals surface area contributed by atoms with Gasteiger partial charge in [0.25, 0.3) is 0 Å². The number of benzene rings is 2. The van der Waals surface area contributed by atoms with Gasteiger partial charge in [-0.2, -0.15) is 0 Å². The summed E-state index contributed by atoms with van der Waals surface area (Å²) in [5.41, 5.74) is 4.37. The van der Waals surface area contributed by atoms with Crippen LogP contribution in [0.3, 0.4) is 0 Å². The maximum absolute atomic E-state index is 6.46. The summed E-state index contributed by atoms with van der Waals surface area (Å²) in [6.07, 6.45) is 0. The Kier molecular flexibility index (Phi) is 4.70. The molecule has 0 spiro atoms. The van der Waals surface area contributed by atoms with Crippen molar-refractivity contribution in [2.45, 2.75) is 26.9 Å². The van der Waals surface area contributed by atoms with Crippen molar-refractivity contribution in [1.82, 2.24) is 9.88 Å². The molecule has 3 aromatic rings. The molecule has 4 nitrogen and oxygen atoms in total. The normalized spacial score (nSPS) is 12.9. The first-order valence-corrected chi connectivity index (χ1v) is 9.17. The van der Waals surface area contributed by atoms with E-state index in [1.165, 1.54) is 11.1 Å². The highest BCUT2D eigenvalue weighted by Gasteiger charge is 2.15. The van der Waals surface area contributed by atoms with Gasteiger partial charge in [-0.05, 0) is 48.9 Å². The molecular weight excluding hydrogens is 348 g/mol. The number of hydrogen-bond acceptors (Lipinski definition) is 4. The van der Waals surface area contributed by atoms with Crippen molar-refractivity contribution < 1.29 is 9.47 Å². The van der Waals surface area contributed by atoms with Gasteiger partial charge in [0.2, 0.25) is 6.79 Å². The summed E-state index contributed by atoms with van der Waals surface area (Å²) in [5.74, 6) is 1.63. The van der Waals surface area contributed by atoms with E-state index in [9.17, 15) is 0 Å². The van der Waals surface area contributed by atoms with Gasteiger partial charge < -0.3 is 9.47 Å². The smallest absolute Gasteiger partial charge is 0.231 e. The molecule has 1 aromatic heterocycles. The van der Waals surface area contributed by atoms with Gasteiger partial charge in [-0.15, -0.1) is 0 Å². The van der Waals surface area contributed by atoms with Crippen LogP contribution >= 0.6 is 11.6 Å². The van der Waals surface area contributed by atoms with E-state index in [-0.39, 0.29) is 0 Å². The molecule has 1 aliphatic rings. The standard InChI is InChI=1S/C21H21ClN2O2/c1-3-24(11-15-5-7-19-20(9-15)26-13-25-19)12-17-10-16-6-4-14(2)8-18(16)23-21(17)22/h4-10H,3,11-13H2,1-2H3. The Morgan fingerprint density at radius 1 is 1.04 bits per heavy atom. The molecule has 0 unspecified atom stereocenters. The number of halogens is 1. The van der Waals surface area contributed by atoms with Crippen LogP contribution in [0.15, 0.2) is 42.5 Å². The third-order valence-electron chi connectivity index (χ3n) is 4.68. The second kappa shape index (κ2) is 7.14. The predicted octanol–water partition coefficient (Wildman–Crippen LogP) is 4.95. The van der Waals surface area contributed by atoms with Crippen LogP contribution in [-0.2, 0) is 13.1 Å². The monoisotopic (exact) mass is 368 g/mol. The summed E-state index contributed by atoms with van der Waals surface area (Å²) in [6, 6.07) is 14.5.